The molecule has 0 aromatic carbocycles. The van der Waals surface area contributed by atoms with E-state index in [1.807, 2.05) is 0 Å². The van der Waals surface area contributed by atoms with E-state index < -0.39 is 0 Å². The Balaban J connectivity index is 1.16. The zero-order chi connectivity index (χ0) is 18.0. The lowest BCUT2D eigenvalue weighted by molar-refractivity contribution is -0.0745. The van der Waals surface area contributed by atoms with Crippen molar-refractivity contribution < 1.29 is 9.84 Å². The van der Waals surface area contributed by atoms with Gasteiger partial charge in [0.05, 0.1) is 12.7 Å². The smallest absolute Gasteiger partial charge is 0.0900 e. The maximum atomic E-state index is 10.5. The van der Waals surface area contributed by atoms with Gasteiger partial charge in [-0.05, 0) is 87.5 Å². The van der Waals surface area contributed by atoms with Crippen molar-refractivity contribution in [2.75, 3.05) is 26.3 Å². The highest BCUT2D eigenvalue weighted by molar-refractivity contribution is 5.01. The van der Waals surface area contributed by atoms with E-state index >= 15 is 0 Å². The Morgan fingerprint density at radius 1 is 1.00 bits per heavy atom. The zero-order valence-corrected chi connectivity index (χ0v) is 17.0. The first-order chi connectivity index (χ1) is 12.7. The van der Waals surface area contributed by atoms with Gasteiger partial charge < -0.3 is 9.84 Å². The molecule has 0 amide bonds. The Morgan fingerprint density at radius 3 is 2.19 bits per heavy atom. The van der Waals surface area contributed by atoms with Gasteiger partial charge >= 0.3 is 0 Å². The van der Waals surface area contributed by atoms with Crippen LogP contribution in [0.15, 0.2) is 0 Å². The summed E-state index contributed by atoms with van der Waals surface area (Å²) < 4.78 is 5.99. The molecule has 1 N–H and O–H groups in total. The molecular formula is C23H41NO2. The van der Waals surface area contributed by atoms with E-state index in [0.717, 1.165) is 37.5 Å². The van der Waals surface area contributed by atoms with E-state index in [9.17, 15) is 5.11 Å². The van der Waals surface area contributed by atoms with Crippen LogP contribution in [0.25, 0.3) is 0 Å². The van der Waals surface area contributed by atoms with Crippen LogP contribution in [-0.4, -0.2) is 48.5 Å². The number of aliphatic hydroxyl groups is 1. The molecule has 0 aliphatic heterocycles. The van der Waals surface area contributed by atoms with Gasteiger partial charge in [0, 0.05) is 19.2 Å². The Morgan fingerprint density at radius 2 is 1.62 bits per heavy atom. The topological polar surface area (TPSA) is 32.7 Å². The number of aliphatic hydroxyl groups excluding tert-OH is 1. The minimum Gasteiger partial charge on any atom is -0.389 e. The summed E-state index contributed by atoms with van der Waals surface area (Å²) in [7, 11) is 0. The molecule has 5 aliphatic rings. The predicted molar refractivity (Wildman–Crippen MR) is 106 cm³/mol. The average Bonchev–Trinajstić information content (AvgIpc) is 2.63. The first kappa shape index (κ1) is 19.2. The molecular weight excluding hydrogens is 322 g/mol. The molecule has 1 atom stereocenters. The van der Waals surface area contributed by atoms with E-state index in [2.05, 4.69) is 11.8 Å². The first-order valence-electron chi connectivity index (χ1n) is 11.7. The van der Waals surface area contributed by atoms with Crippen molar-refractivity contribution in [1.82, 2.24) is 4.90 Å². The van der Waals surface area contributed by atoms with Gasteiger partial charge in [0.2, 0.25) is 0 Å². The monoisotopic (exact) mass is 363 g/mol. The third-order valence-corrected chi connectivity index (χ3v) is 8.19. The van der Waals surface area contributed by atoms with Gasteiger partial charge in [-0.2, -0.15) is 0 Å². The fourth-order valence-corrected chi connectivity index (χ4v) is 7.41. The van der Waals surface area contributed by atoms with Crippen LogP contribution >= 0.6 is 0 Å². The molecule has 4 bridgehead atoms. The fraction of sp³-hybridized carbons (Fsp3) is 1.00. The maximum absolute atomic E-state index is 10.5. The molecule has 0 saturated heterocycles. The summed E-state index contributed by atoms with van der Waals surface area (Å²) in [5, 5.41) is 10.5. The zero-order valence-electron chi connectivity index (χ0n) is 17.0. The summed E-state index contributed by atoms with van der Waals surface area (Å²) in [6.45, 7) is 5.46. The number of rotatable bonds is 9. The first-order valence-corrected chi connectivity index (χ1v) is 11.7. The summed E-state index contributed by atoms with van der Waals surface area (Å²) in [6, 6.07) is 0.690. The van der Waals surface area contributed by atoms with Crippen LogP contribution in [0.2, 0.25) is 0 Å². The lowest BCUT2D eigenvalue weighted by atomic mass is 9.49. The normalized spacial score (nSPS) is 38.2. The Bertz CT molecular complexity index is 410. The summed E-state index contributed by atoms with van der Waals surface area (Å²) in [5.74, 6) is 3.08. The number of ether oxygens (including phenoxy) is 1. The lowest BCUT2D eigenvalue weighted by Crippen LogP contribution is -2.46. The van der Waals surface area contributed by atoms with E-state index in [1.54, 1.807) is 0 Å². The Labute approximate surface area is 160 Å². The second-order valence-corrected chi connectivity index (χ2v) is 10.3. The van der Waals surface area contributed by atoms with Crippen LogP contribution in [-0.2, 0) is 4.74 Å². The van der Waals surface area contributed by atoms with Crippen molar-refractivity contribution in [3.8, 4) is 0 Å². The van der Waals surface area contributed by atoms with Crippen LogP contribution in [0, 0.1) is 23.2 Å². The van der Waals surface area contributed by atoms with Crippen molar-refractivity contribution in [3.05, 3.63) is 0 Å². The van der Waals surface area contributed by atoms with Crippen molar-refractivity contribution in [2.24, 2.45) is 23.2 Å². The Kier molecular flexibility index (Phi) is 6.27. The predicted octanol–water partition coefficient (Wildman–Crippen LogP) is 4.63. The average molecular weight is 364 g/mol. The number of nitrogens with zero attached hydrogens (tertiary/aromatic N) is 1. The van der Waals surface area contributed by atoms with E-state index in [1.165, 1.54) is 77.0 Å². The number of likely N-dealkylation sites (N-methyl/N-ethyl adjacent to an activating group) is 1. The minimum absolute atomic E-state index is 0.326. The molecule has 3 heteroatoms. The molecule has 5 fully saturated rings. The van der Waals surface area contributed by atoms with E-state index in [0.29, 0.717) is 18.1 Å². The third kappa shape index (κ3) is 4.47. The molecule has 5 aliphatic carbocycles. The molecule has 3 nitrogen and oxygen atoms in total. The minimum atomic E-state index is -0.326. The summed E-state index contributed by atoms with van der Waals surface area (Å²) >= 11 is 0. The SMILES string of the molecule is CCN(C[C@H](O)COCCC12CC3CC(CC(C3)C1)C2)C1CCCCC1. The van der Waals surface area contributed by atoms with Gasteiger partial charge in [-0.3, -0.25) is 4.90 Å². The number of hydrogen-bond donors (Lipinski definition) is 1. The largest absolute Gasteiger partial charge is 0.389 e. The van der Waals surface area contributed by atoms with E-state index in [4.69, 9.17) is 4.74 Å². The van der Waals surface area contributed by atoms with Gasteiger partial charge in [-0.25, -0.2) is 0 Å². The molecule has 0 aromatic rings. The van der Waals surface area contributed by atoms with Gasteiger partial charge in [0.1, 0.15) is 0 Å². The highest BCUT2D eigenvalue weighted by Crippen LogP contribution is 2.61. The van der Waals surface area contributed by atoms with Gasteiger partial charge in [0.15, 0.2) is 0 Å². The summed E-state index contributed by atoms with van der Waals surface area (Å²) in [5.41, 5.74) is 0.608. The molecule has 0 radical (unpaired) electrons. The van der Waals surface area contributed by atoms with Crippen LogP contribution in [0.4, 0.5) is 0 Å². The second-order valence-electron chi connectivity index (χ2n) is 10.3. The molecule has 5 saturated carbocycles. The van der Waals surface area contributed by atoms with Gasteiger partial charge in [-0.15, -0.1) is 0 Å². The van der Waals surface area contributed by atoms with Crippen molar-refractivity contribution in [2.45, 2.75) is 96.1 Å². The fourth-order valence-electron chi connectivity index (χ4n) is 7.41. The molecule has 0 heterocycles. The van der Waals surface area contributed by atoms with Crippen LogP contribution in [0.1, 0.15) is 84.0 Å². The van der Waals surface area contributed by atoms with Gasteiger partial charge in [0.25, 0.3) is 0 Å². The summed E-state index contributed by atoms with van der Waals surface area (Å²) in [6.07, 6.45) is 16.6. The van der Waals surface area contributed by atoms with Crippen molar-refractivity contribution in [1.29, 1.82) is 0 Å². The van der Waals surface area contributed by atoms with Crippen LogP contribution in [0.3, 0.4) is 0 Å². The third-order valence-electron chi connectivity index (χ3n) is 8.19. The summed E-state index contributed by atoms with van der Waals surface area (Å²) in [4.78, 5) is 2.49. The number of hydrogen-bond acceptors (Lipinski definition) is 3. The molecule has 150 valence electrons. The van der Waals surface area contributed by atoms with Crippen LogP contribution in [0.5, 0.6) is 0 Å². The standard InChI is InChI=1S/C23H41NO2/c1-2-24(21-6-4-3-5-7-21)16-22(25)17-26-9-8-23-13-18-10-19(14-23)12-20(11-18)15-23/h18-22,25H,2-17H2,1H3/t18?,19?,20?,22-,23?/m0/s1. The highest BCUT2D eigenvalue weighted by Gasteiger charge is 2.50. The van der Waals surface area contributed by atoms with Crippen LogP contribution < -0.4 is 0 Å². The Hall–Kier alpha value is -0.120. The molecule has 26 heavy (non-hydrogen) atoms. The van der Waals surface area contributed by atoms with Gasteiger partial charge in [-0.1, -0.05) is 26.2 Å². The molecule has 0 spiro atoms. The molecule has 0 unspecified atom stereocenters. The van der Waals surface area contributed by atoms with Crippen molar-refractivity contribution >= 4 is 0 Å². The second kappa shape index (κ2) is 8.49. The van der Waals surface area contributed by atoms with Crippen molar-refractivity contribution in [3.63, 3.8) is 0 Å². The highest BCUT2D eigenvalue weighted by atomic mass is 16.5. The lowest BCUT2D eigenvalue weighted by Gasteiger charge is -2.57. The quantitative estimate of drug-likeness (QED) is 0.607. The maximum Gasteiger partial charge on any atom is 0.0900 e. The molecule has 5 rings (SSSR count). The van der Waals surface area contributed by atoms with E-state index in [-0.39, 0.29) is 6.10 Å². The molecule has 0 aromatic heterocycles.